The fourth-order valence-electron chi connectivity index (χ4n) is 1.88. The van der Waals surface area contributed by atoms with Crippen molar-refractivity contribution in [3.8, 4) is 0 Å². The predicted octanol–water partition coefficient (Wildman–Crippen LogP) is 2.26. The van der Waals surface area contributed by atoms with Gasteiger partial charge in [-0.1, -0.05) is 30.3 Å². The summed E-state index contributed by atoms with van der Waals surface area (Å²) in [5.74, 6) is 0. The maximum absolute atomic E-state index is 5.54. The lowest BCUT2D eigenvalue weighted by atomic mass is 10.1. The lowest BCUT2D eigenvalue weighted by Gasteiger charge is -2.16. The van der Waals surface area contributed by atoms with Gasteiger partial charge in [-0.25, -0.2) is 0 Å². The number of benzene rings is 1. The predicted molar refractivity (Wildman–Crippen MR) is 74.9 cm³/mol. The second kappa shape index (κ2) is 10.1. The molecule has 0 aliphatic rings. The van der Waals surface area contributed by atoms with Gasteiger partial charge in [-0.2, -0.15) is 0 Å². The number of hydrogen-bond donors (Lipinski definition) is 1. The van der Waals surface area contributed by atoms with Gasteiger partial charge in [-0.3, -0.25) is 0 Å². The second-order valence-corrected chi connectivity index (χ2v) is 4.43. The Kier molecular flexibility index (Phi) is 8.47. The number of rotatable bonds is 10. The summed E-state index contributed by atoms with van der Waals surface area (Å²) in [5, 5.41) is 3.30. The van der Waals surface area contributed by atoms with Gasteiger partial charge in [0.25, 0.3) is 0 Å². The smallest absolute Gasteiger partial charge is 0.0701 e. The molecule has 0 spiro atoms. The second-order valence-electron chi connectivity index (χ2n) is 4.43. The van der Waals surface area contributed by atoms with Crippen LogP contribution < -0.4 is 5.32 Å². The van der Waals surface area contributed by atoms with Crippen LogP contribution in [0.5, 0.6) is 0 Å². The third-order valence-corrected chi connectivity index (χ3v) is 3.02. The van der Waals surface area contributed by atoms with Crippen LogP contribution in [0.3, 0.4) is 0 Å². The quantitative estimate of drug-likeness (QED) is 0.647. The standard InChI is InChI=1S/C15H25NO2/c1-16-15(13-18-12-11-17-2)10-6-9-14-7-4-3-5-8-14/h3-5,7-8,15-16H,6,9-13H2,1-2H3. The Hall–Kier alpha value is -0.900. The molecule has 0 amide bonds. The average molecular weight is 251 g/mol. The Morgan fingerprint density at radius 2 is 1.94 bits per heavy atom. The minimum Gasteiger partial charge on any atom is -0.382 e. The van der Waals surface area contributed by atoms with Crippen LogP contribution in [0.2, 0.25) is 0 Å². The minimum atomic E-state index is 0.436. The van der Waals surface area contributed by atoms with Crippen molar-refractivity contribution in [1.29, 1.82) is 0 Å². The van der Waals surface area contributed by atoms with Gasteiger partial charge in [-0.15, -0.1) is 0 Å². The molecule has 0 aromatic heterocycles. The SMILES string of the molecule is CNC(CCCc1ccccc1)COCCOC. The molecule has 3 nitrogen and oxygen atoms in total. The lowest BCUT2D eigenvalue weighted by molar-refractivity contribution is 0.0583. The summed E-state index contributed by atoms with van der Waals surface area (Å²) in [6.07, 6.45) is 3.46. The molecule has 1 atom stereocenters. The van der Waals surface area contributed by atoms with Crippen molar-refractivity contribution in [1.82, 2.24) is 5.32 Å². The van der Waals surface area contributed by atoms with Crippen molar-refractivity contribution in [3.05, 3.63) is 35.9 Å². The van der Waals surface area contributed by atoms with E-state index in [1.54, 1.807) is 7.11 Å². The van der Waals surface area contributed by atoms with E-state index in [0.717, 1.165) is 19.4 Å². The van der Waals surface area contributed by atoms with Crippen molar-refractivity contribution in [2.45, 2.75) is 25.3 Å². The fourth-order valence-corrected chi connectivity index (χ4v) is 1.88. The van der Waals surface area contributed by atoms with Gasteiger partial charge in [0, 0.05) is 13.2 Å². The van der Waals surface area contributed by atoms with E-state index in [1.807, 2.05) is 7.05 Å². The van der Waals surface area contributed by atoms with Crippen LogP contribution in [0.1, 0.15) is 18.4 Å². The number of nitrogens with one attached hydrogen (secondary N) is 1. The van der Waals surface area contributed by atoms with Gasteiger partial charge in [-0.05, 0) is 31.9 Å². The highest BCUT2D eigenvalue weighted by molar-refractivity contribution is 5.14. The van der Waals surface area contributed by atoms with E-state index in [9.17, 15) is 0 Å². The van der Waals surface area contributed by atoms with Gasteiger partial charge in [0.05, 0.1) is 19.8 Å². The zero-order chi connectivity index (χ0) is 13.1. The molecule has 1 aromatic rings. The monoisotopic (exact) mass is 251 g/mol. The molecule has 0 heterocycles. The highest BCUT2D eigenvalue weighted by Gasteiger charge is 2.05. The minimum absolute atomic E-state index is 0.436. The van der Waals surface area contributed by atoms with Crippen LogP contribution in [0, 0.1) is 0 Å². The molecule has 1 rings (SSSR count). The van der Waals surface area contributed by atoms with Crippen molar-refractivity contribution in [2.75, 3.05) is 34.0 Å². The summed E-state index contributed by atoms with van der Waals surface area (Å²) in [4.78, 5) is 0. The van der Waals surface area contributed by atoms with E-state index in [0.29, 0.717) is 19.3 Å². The van der Waals surface area contributed by atoms with Crippen LogP contribution in [-0.2, 0) is 15.9 Å². The van der Waals surface area contributed by atoms with Gasteiger partial charge < -0.3 is 14.8 Å². The normalized spacial score (nSPS) is 12.6. The largest absolute Gasteiger partial charge is 0.382 e. The number of ether oxygens (including phenoxy) is 2. The molecular formula is C15H25NO2. The van der Waals surface area contributed by atoms with Gasteiger partial charge in [0.2, 0.25) is 0 Å². The number of hydrogen-bond acceptors (Lipinski definition) is 3. The van der Waals surface area contributed by atoms with Crippen LogP contribution in [0.4, 0.5) is 0 Å². The average Bonchev–Trinajstić information content (AvgIpc) is 2.42. The maximum Gasteiger partial charge on any atom is 0.0701 e. The first-order valence-corrected chi connectivity index (χ1v) is 6.64. The number of methoxy groups -OCH3 is 1. The van der Waals surface area contributed by atoms with Crippen LogP contribution >= 0.6 is 0 Å². The highest BCUT2D eigenvalue weighted by Crippen LogP contribution is 2.06. The van der Waals surface area contributed by atoms with Crippen molar-refractivity contribution >= 4 is 0 Å². The lowest BCUT2D eigenvalue weighted by Crippen LogP contribution is -2.31. The first-order valence-electron chi connectivity index (χ1n) is 6.64. The van der Waals surface area contributed by atoms with E-state index in [2.05, 4.69) is 35.6 Å². The Labute approximate surface area is 110 Å². The molecule has 0 aliphatic carbocycles. The van der Waals surface area contributed by atoms with Crippen LogP contribution in [0.15, 0.2) is 30.3 Å². The van der Waals surface area contributed by atoms with E-state index in [-0.39, 0.29) is 0 Å². The van der Waals surface area contributed by atoms with E-state index < -0.39 is 0 Å². The Balaban J connectivity index is 2.11. The fraction of sp³-hybridized carbons (Fsp3) is 0.600. The van der Waals surface area contributed by atoms with Crippen LogP contribution in [0.25, 0.3) is 0 Å². The molecule has 1 N–H and O–H groups in total. The topological polar surface area (TPSA) is 30.5 Å². The molecule has 0 saturated carbocycles. The Morgan fingerprint density at radius 3 is 2.61 bits per heavy atom. The molecule has 1 aromatic carbocycles. The number of aryl methyl sites for hydroxylation is 1. The Bertz CT molecular complexity index is 290. The molecule has 0 fully saturated rings. The first kappa shape index (κ1) is 15.2. The molecule has 18 heavy (non-hydrogen) atoms. The zero-order valence-corrected chi connectivity index (χ0v) is 11.5. The van der Waals surface area contributed by atoms with E-state index in [1.165, 1.54) is 12.0 Å². The third-order valence-electron chi connectivity index (χ3n) is 3.02. The van der Waals surface area contributed by atoms with Gasteiger partial charge in [0.1, 0.15) is 0 Å². The molecule has 3 heteroatoms. The molecule has 0 aliphatic heterocycles. The summed E-state index contributed by atoms with van der Waals surface area (Å²) >= 11 is 0. The zero-order valence-electron chi connectivity index (χ0n) is 11.5. The van der Waals surface area contributed by atoms with Crippen molar-refractivity contribution in [2.24, 2.45) is 0 Å². The van der Waals surface area contributed by atoms with Crippen molar-refractivity contribution in [3.63, 3.8) is 0 Å². The summed E-state index contributed by atoms with van der Waals surface area (Å²) in [6.45, 7) is 2.10. The van der Waals surface area contributed by atoms with Gasteiger partial charge in [0.15, 0.2) is 0 Å². The van der Waals surface area contributed by atoms with Crippen molar-refractivity contribution < 1.29 is 9.47 Å². The molecule has 0 bridgehead atoms. The highest BCUT2D eigenvalue weighted by atomic mass is 16.5. The summed E-state index contributed by atoms with van der Waals surface area (Å²) in [6, 6.07) is 11.1. The maximum atomic E-state index is 5.54. The third kappa shape index (κ3) is 6.74. The van der Waals surface area contributed by atoms with E-state index in [4.69, 9.17) is 9.47 Å². The summed E-state index contributed by atoms with van der Waals surface area (Å²) in [5.41, 5.74) is 1.41. The van der Waals surface area contributed by atoms with Gasteiger partial charge >= 0.3 is 0 Å². The molecule has 102 valence electrons. The first-order chi connectivity index (χ1) is 8.86. The molecule has 0 radical (unpaired) electrons. The van der Waals surface area contributed by atoms with E-state index >= 15 is 0 Å². The Morgan fingerprint density at radius 1 is 1.17 bits per heavy atom. The van der Waals surface area contributed by atoms with Crippen LogP contribution in [-0.4, -0.2) is 40.0 Å². The summed E-state index contributed by atoms with van der Waals surface area (Å²) < 4.78 is 10.5. The number of likely N-dealkylation sites (N-methyl/N-ethyl adjacent to an activating group) is 1. The molecular weight excluding hydrogens is 226 g/mol. The molecule has 0 saturated heterocycles. The summed E-state index contributed by atoms with van der Waals surface area (Å²) in [7, 11) is 3.69. The molecule has 1 unspecified atom stereocenters.